The summed E-state index contributed by atoms with van der Waals surface area (Å²) in [6, 6.07) is 9.17. The lowest BCUT2D eigenvalue weighted by molar-refractivity contribution is 0.0727. The fourth-order valence-electron chi connectivity index (χ4n) is 3.32. The van der Waals surface area contributed by atoms with Gasteiger partial charge >= 0.3 is 5.97 Å². The lowest BCUT2D eigenvalue weighted by Crippen LogP contribution is -2.12. The number of hydrogen-bond acceptors (Lipinski definition) is 6. The van der Waals surface area contributed by atoms with E-state index in [9.17, 15) is 4.79 Å². The summed E-state index contributed by atoms with van der Waals surface area (Å²) in [7, 11) is 0. The molecule has 162 valence electrons. The van der Waals surface area contributed by atoms with Crippen LogP contribution in [0.3, 0.4) is 0 Å². The van der Waals surface area contributed by atoms with Crippen LogP contribution in [0.15, 0.2) is 34.7 Å². The van der Waals surface area contributed by atoms with Gasteiger partial charge in [-0.3, -0.25) is 0 Å². The molecule has 31 heavy (non-hydrogen) atoms. The van der Waals surface area contributed by atoms with Crippen LogP contribution in [0, 0.1) is 13.8 Å². The summed E-state index contributed by atoms with van der Waals surface area (Å²) >= 11 is 6.03. The number of carbonyl (C=O) groups excluding carboxylic acids is 1. The van der Waals surface area contributed by atoms with Crippen LogP contribution in [0.25, 0.3) is 0 Å². The molecule has 0 amide bonds. The Morgan fingerprint density at radius 1 is 1.16 bits per heavy atom. The second kappa shape index (κ2) is 8.00. The Hall–Kier alpha value is -2.86. The fourth-order valence-corrected chi connectivity index (χ4v) is 3.46. The first kappa shape index (κ1) is 21.4. The SMILES string of the molecule is Cc1cccc(C2CC2)c1Oc1nnc(Cl)cc1OC(=O)c1cc(C(C)(C)C)oc1C. The number of ether oxygens (including phenoxy) is 2. The summed E-state index contributed by atoms with van der Waals surface area (Å²) in [6.45, 7) is 9.74. The average molecular weight is 441 g/mol. The molecule has 0 unspecified atom stereocenters. The summed E-state index contributed by atoms with van der Waals surface area (Å²) < 4.78 is 17.5. The monoisotopic (exact) mass is 440 g/mol. The van der Waals surface area contributed by atoms with Crippen molar-refractivity contribution in [3.05, 3.63) is 63.7 Å². The molecule has 1 aliphatic rings. The Kier molecular flexibility index (Phi) is 5.52. The van der Waals surface area contributed by atoms with E-state index in [0.29, 0.717) is 28.8 Å². The molecule has 1 aromatic carbocycles. The van der Waals surface area contributed by atoms with Gasteiger partial charge < -0.3 is 13.9 Å². The van der Waals surface area contributed by atoms with Gasteiger partial charge in [-0.2, -0.15) is 0 Å². The molecular formula is C24H25ClN2O4. The molecule has 1 aliphatic carbocycles. The van der Waals surface area contributed by atoms with Crippen LogP contribution in [-0.4, -0.2) is 16.2 Å². The third kappa shape index (κ3) is 4.59. The van der Waals surface area contributed by atoms with Crippen LogP contribution in [0.1, 0.15) is 72.5 Å². The van der Waals surface area contributed by atoms with E-state index in [0.717, 1.165) is 24.0 Å². The summed E-state index contributed by atoms with van der Waals surface area (Å²) in [5.41, 5.74) is 2.20. The highest BCUT2D eigenvalue weighted by Gasteiger charge is 2.29. The predicted octanol–water partition coefficient (Wildman–Crippen LogP) is 6.53. The fraction of sp³-hybridized carbons (Fsp3) is 0.375. The maximum atomic E-state index is 12.9. The van der Waals surface area contributed by atoms with Gasteiger partial charge in [-0.25, -0.2) is 4.79 Å². The van der Waals surface area contributed by atoms with E-state index in [1.165, 1.54) is 6.07 Å². The number of rotatable bonds is 5. The first-order valence-corrected chi connectivity index (χ1v) is 10.6. The van der Waals surface area contributed by atoms with Gasteiger partial charge in [0.15, 0.2) is 10.9 Å². The van der Waals surface area contributed by atoms with Crippen LogP contribution in [0.5, 0.6) is 17.4 Å². The molecule has 0 saturated heterocycles. The number of carbonyl (C=O) groups is 1. The first-order valence-electron chi connectivity index (χ1n) is 10.3. The minimum atomic E-state index is -0.571. The van der Waals surface area contributed by atoms with Crippen molar-refractivity contribution in [1.82, 2.24) is 10.2 Å². The molecule has 2 aromatic heterocycles. The van der Waals surface area contributed by atoms with Crippen molar-refractivity contribution in [2.24, 2.45) is 0 Å². The number of furan rings is 1. The van der Waals surface area contributed by atoms with Gasteiger partial charge in [0.25, 0.3) is 5.88 Å². The zero-order valence-electron chi connectivity index (χ0n) is 18.3. The topological polar surface area (TPSA) is 74.5 Å². The summed E-state index contributed by atoms with van der Waals surface area (Å²) in [5, 5.41) is 8.01. The Balaban J connectivity index is 1.65. The van der Waals surface area contributed by atoms with E-state index in [4.69, 9.17) is 25.5 Å². The van der Waals surface area contributed by atoms with Crippen molar-refractivity contribution < 1.29 is 18.7 Å². The number of aromatic nitrogens is 2. The molecule has 0 aliphatic heterocycles. The van der Waals surface area contributed by atoms with Gasteiger partial charge in [0.05, 0.1) is 0 Å². The molecule has 0 bridgehead atoms. The lowest BCUT2D eigenvalue weighted by atomic mass is 9.93. The van der Waals surface area contributed by atoms with Gasteiger partial charge in [-0.15, -0.1) is 10.2 Å². The zero-order valence-corrected chi connectivity index (χ0v) is 19.0. The van der Waals surface area contributed by atoms with Crippen molar-refractivity contribution in [2.75, 3.05) is 0 Å². The van der Waals surface area contributed by atoms with Crippen LogP contribution < -0.4 is 9.47 Å². The van der Waals surface area contributed by atoms with Crippen LogP contribution in [0.4, 0.5) is 0 Å². The number of nitrogens with zero attached hydrogens (tertiary/aromatic N) is 2. The van der Waals surface area contributed by atoms with E-state index < -0.39 is 5.97 Å². The minimum absolute atomic E-state index is 0.0890. The number of hydrogen-bond donors (Lipinski definition) is 0. The Labute approximate surface area is 186 Å². The highest BCUT2D eigenvalue weighted by atomic mass is 35.5. The zero-order chi connectivity index (χ0) is 22.3. The van der Waals surface area contributed by atoms with E-state index in [-0.39, 0.29) is 22.2 Å². The van der Waals surface area contributed by atoms with Crippen LogP contribution >= 0.6 is 11.6 Å². The summed E-state index contributed by atoms with van der Waals surface area (Å²) in [4.78, 5) is 12.9. The molecule has 0 N–H and O–H groups in total. The third-order valence-electron chi connectivity index (χ3n) is 5.24. The maximum absolute atomic E-state index is 12.9. The molecule has 7 heteroatoms. The van der Waals surface area contributed by atoms with Gasteiger partial charge in [-0.1, -0.05) is 50.6 Å². The maximum Gasteiger partial charge on any atom is 0.347 e. The van der Waals surface area contributed by atoms with Crippen molar-refractivity contribution in [3.8, 4) is 17.4 Å². The molecule has 0 atom stereocenters. The highest BCUT2D eigenvalue weighted by molar-refractivity contribution is 6.29. The van der Waals surface area contributed by atoms with E-state index in [1.807, 2.05) is 39.8 Å². The first-order chi connectivity index (χ1) is 14.6. The van der Waals surface area contributed by atoms with Gasteiger partial charge in [0.1, 0.15) is 22.8 Å². The third-order valence-corrected chi connectivity index (χ3v) is 5.42. The van der Waals surface area contributed by atoms with Crippen LogP contribution in [-0.2, 0) is 5.41 Å². The Morgan fingerprint density at radius 3 is 2.55 bits per heavy atom. The average Bonchev–Trinajstić information content (AvgIpc) is 3.45. The molecule has 1 fully saturated rings. The number of para-hydroxylation sites is 1. The minimum Gasteiger partial charge on any atom is -0.465 e. The molecule has 1 saturated carbocycles. The summed E-state index contributed by atoms with van der Waals surface area (Å²) in [6.07, 6.45) is 2.26. The smallest absolute Gasteiger partial charge is 0.347 e. The van der Waals surface area contributed by atoms with Gasteiger partial charge in [-0.05, 0) is 49.8 Å². The summed E-state index contributed by atoms with van der Waals surface area (Å²) in [5.74, 6) is 2.00. The molecule has 2 heterocycles. The Bertz CT molecular complexity index is 1140. The number of benzene rings is 1. The van der Waals surface area contributed by atoms with E-state index in [1.54, 1.807) is 13.0 Å². The second-order valence-electron chi connectivity index (χ2n) is 8.93. The van der Waals surface area contributed by atoms with Crippen molar-refractivity contribution in [1.29, 1.82) is 0 Å². The normalized spacial score (nSPS) is 13.9. The Morgan fingerprint density at radius 2 is 1.90 bits per heavy atom. The van der Waals surface area contributed by atoms with Crippen molar-refractivity contribution >= 4 is 17.6 Å². The van der Waals surface area contributed by atoms with Crippen molar-refractivity contribution in [3.63, 3.8) is 0 Å². The molecule has 0 radical (unpaired) electrons. The van der Waals surface area contributed by atoms with E-state index in [2.05, 4.69) is 16.3 Å². The highest BCUT2D eigenvalue weighted by Crippen LogP contribution is 2.47. The lowest BCUT2D eigenvalue weighted by Gasteiger charge is -2.14. The molecule has 0 spiro atoms. The number of halogens is 1. The quantitative estimate of drug-likeness (QED) is 0.420. The molecule has 4 rings (SSSR count). The molecule has 3 aromatic rings. The van der Waals surface area contributed by atoms with Crippen molar-refractivity contribution in [2.45, 2.75) is 58.8 Å². The predicted molar refractivity (Wildman–Crippen MR) is 117 cm³/mol. The van der Waals surface area contributed by atoms with Crippen LogP contribution in [0.2, 0.25) is 5.15 Å². The standard InChI is InChI=1S/C24H25ClN2O4/c1-13-7-6-8-16(15-9-10-15)21(13)31-22-18(12-20(25)26-27-22)30-23(28)17-11-19(24(3,4)5)29-14(17)2/h6-8,11-12,15H,9-10H2,1-5H3. The number of aryl methyl sites for hydroxylation is 2. The van der Waals surface area contributed by atoms with Gasteiger partial charge in [0.2, 0.25) is 0 Å². The second-order valence-corrected chi connectivity index (χ2v) is 9.31. The van der Waals surface area contributed by atoms with E-state index >= 15 is 0 Å². The molecule has 6 nitrogen and oxygen atoms in total. The molecular weight excluding hydrogens is 416 g/mol. The number of esters is 1. The largest absolute Gasteiger partial charge is 0.465 e. The van der Waals surface area contributed by atoms with Gasteiger partial charge in [0, 0.05) is 11.5 Å².